The van der Waals surface area contributed by atoms with Crippen molar-refractivity contribution in [2.45, 2.75) is 11.3 Å². The van der Waals surface area contributed by atoms with Crippen LogP contribution >= 0.6 is 11.6 Å². The summed E-state index contributed by atoms with van der Waals surface area (Å²) in [6, 6.07) is 0. The lowest BCUT2D eigenvalue weighted by Crippen LogP contribution is -2.36. The van der Waals surface area contributed by atoms with Crippen LogP contribution in [-0.2, 0) is 14.4 Å². The van der Waals surface area contributed by atoms with Crippen LogP contribution < -0.4 is 0 Å². The fourth-order valence-electron chi connectivity index (χ4n) is 1.16. The Morgan fingerprint density at radius 3 is 1.46 bits per heavy atom. The average molecular weight is 209 g/mol. The predicted octanol–water partition coefficient (Wildman–Crippen LogP) is -0.392. The third kappa shape index (κ3) is 0.918. The zero-order valence-electron chi connectivity index (χ0n) is 6.15. The Hall–Kier alpha value is -1.30. The molecule has 0 bridgehead atoms. The first kappa shape index (κ1) is 9.79. The number of halogens is 1. The molecule has 0 aromatic carbocycles. The van der Waals surface area contributed by atoms with Gasteiger partial charge in [0.2, 0.25) is 0 Å². The van der Waals surface area contributed by atoms with Crippen LogP contribution in [0.25, 0.3) is 0 Å². The van der Waals surface area contributed by atoms with Gasteiger partial charge in [0, 0.05) is 6.42 Å². The Balaban J connectivity index is 3.11. The van der Waals surface area contributed by atoms with Crippen molar-refractivity contribution in [3.8, 4) is 0 Å². The van der Waals surface area contributed by atoms with Gasteiger partial charge in [0.1, 0.15) is 0 Å². The molecule has 13 heavy (non-hydrogen) atoms. The number of carbonyl (C=O) groups is 3. The number of hydrogen-bond donors (Lipinski definition) is 3. The normalized spacial score (nSPS) is 29.3. The van der Waals surface area contributed by atoms with Crippen LogP contribution in [0.1, 0.15) is 6.42 Å². The molecule has 1 aliphatic carbocycles. The van der Waals surface area contributed by atoms with Gasteiger partial charge in [-0.05, 0) is 0 Å². The van der Waals surface area contributed by atoms with Gasteiger partial charge in [0.25, 0.3) is 0 Å². The summed E-state index contributed by atoms with van der Waals surface area (Å²) in [6.07, 6.45) is -0.596. The maximum absolute atomic E-state index is 10.5. The van der Waals surface area contributed by atoms with Gasteiger partial charge in [-0.15, -0.1) is 11.6 Å². The van der Waals surface area contributed by atoms with Crippen LogP contribution in [0, 0.1) is 5.41 Å². The van der Waals surface area contributed by atoms with Gasteiger partial charge in [0.15, 0.2) is 10.3 Å². The van der Waals surface area contributed by atoms with E-state index in [4.69, 9.17) is 26.9 Å². The average Bonchev–Trinajstić information content (AvgIpc) is 2.59. The maximum atomic E-state index is 10.5. The van der Waals surface area contributed by atoms with Crippen molar-refractivity contribution in [3.63, 3.8) is 0 Å². The van der Waals surface area contributed by atoms with Crippen molar-refractivity contribution in [1.82, 2.24) is 0 Å². The predicted molar refractivity (Wildman–Crippen MR) is 38.5 cm³/mol. The van der Waals surface area contributed by atoms with Gasteiger partial charge in [-0.25, -0.2) is 0 Å². The number of alkyl halides is 1. The van der Waals surface area contributed by atoms with Gasteiger partial charge in [0.05, 0.1) is 0 Å². The van der Waals surface area contributed by atoms with Crippen molar-refractivity contribution in [1.29, 1.82) is 0 Å². The first-order chi connectivity index (χ1) is 5.79. The van der Waals surface area contributed by atoms with Gasteiger partial charge < -0.3 is 15.3 Å². The standard InChI is InChI=1S/C6H5ClO6/c7-6(4(12)13)1-5(6,2(8)9)3(10)11/h1H2,(H,8,9)(H,10,11)(H,12,13). The number of hydrogen-bond acceptors (Lipinski definition) is 3. The molecule has 72 valence electrons. The summed E-state index contributed by atoms with van der Waals surface area (Å²) in [7, 11) is 0. The fourth-order valence-corrected chi connectivity index (χ4v) is 1.52. The number of aliphatic carboxylic acids is 3. The summed E-state index contributed by atoms with van der Waals surface area (Å²) in [5.41, 5.74) is -2.37. The highest BCUT2D eigenvalue weighted by Gasteiger charge is 2.82. The van der Waals surface area contributed by atoms with E-state index in [1.807, 2.05) is 0 Å². The summed E-state index contributed by atoms with van der Waals surface area (Å²) in [5, 5.41) is 25.5. The smallest absolute Gasteiger partial charge is 0.326 e. The molecule has 0 saturated heterocycles. The minimum Gasteiger partial charge on any atom is -0.480 e. The van der Waals surface area contributed by atoms with Gasteiger partial charge in [-0.3, -0.25) is 14.4 Å². The molecule has 3 N–H and O–H groups in total. The summed E-state index contributed by atoms with van der Waals surface area (Å²) in [5.74, 6) is -5.08. The number of rotatable bonds is 3. The van der Waals surface area contributed by atoms with Crippen LogP contribution in [-0.4, -0.2) is 38.1 Å². The Bertz CT molecular complexity index is 296. The van der Waals surface area contributed by atoms with Crippen molar-refractivity contribution >= 4 is 29.5 Å². The lowest BCUT2D eigenvalue weighted by molar-refractivity contribution is -0.160. The monoisotopic (exact) mass is 208 g/mol. The maximum Gasteiger partial charge on any atom is 0.326 e. The minimum atomic E-state index is -2.37. The third-order valence-electron chi connectivity index (χ3n) is 2.13. The zero-order valence-corrected chi connectivity index (χ0v) is 6.91. The number of carboxylic acids is 3. The van der Waals surface area contributed by atoms with E-state index in [0.29, 0.717) is 0 Å². The van der Waals surface area contributed by atoms with E-state index < -0.39 is 34.6 Å². The lowest BCUT2D eigenvalue weighted by atomic mass is 10.0. The molecule has 0 spiro atoms. The molecular formula is C6H5ClO6. The molecule has 0 aromatic rings. The molecule has 0 heterocycles. The van der Waals surface area contributed by atoms with E-state index in [9.17, 15) is 14.4 Å². The van der Waals surface area contributed by atoms with E-state index in [1.54, 1.807) is 0 Å². The topological polar surface area (TPSA) is 112 Å². The summed E-state index contributed by atoms with van der Waals surface area (Å²) < 4.78 is 0. The van der Waals surface area contributed by atoms with Crippen LogP contribution in [0.3, 0.4) is 0 Å². The first-order valence-corrected chi connectivity index (χ1v) is 3.56. The Labute approximate surface area is 76.7 Å². The van der Waals surface area contributed by atoms with E-state index in [0.717, 1.165) is 0 Å². The third-order valence-corrected chi connectivity index (χ3v) is 2.75. The van der Waals surface area contributed by atoms with E-state index in [1.165, 1.54) is 0 Å². The highest BCUT2D eigenvalue weighted by Crippen LogP contribution is 2.61. The molecule has 1 unspecified atom stereocenters. The molecule has 1 saturated carbocycles. The van der Waals surface area contributed by atoms with Gasteiger partial charge >= 0.3 is 17.9 Å². The van der Waals surface area contributed by atoms with Crippen LogP contribution in [0.4, 0.5) is 0 Å². The largest absolute Gasteiger partial charge is 0.480 e. The lowest BCUT2D eigenvalue weighted by Gasteiger charge is -2.07. The molecule has 0 radical (unpaired) electrons. The van der Waals surface area contributed by atoms with Crippen molar-refractivity contribution < 1.29 is 29.7 Å². The molecule has 1 atom stereocenters. The molecule has 1 rings (SSSR count). The van der Waals surface area contributed by atoms with Crippen molar-refractivity contribution in [2.24, 2.45) is 5.41 Å². The van der Waals surface area contributed by atoms with Gasteiger partial charge in [-0.1, -0.05) is 0 Å². The zero-order chi connectivity index (χ0) is 10.4. The first-order valence-electron chi connectivity index (χ1n) is 3.18. The molecule has 7 heteroatoms. The molecular weight excluding hydrogens is 204 g/mol. The Morgan fingerprint density at radius 2 is 1.38 bits per heavy atom. The second-order valence-corrected chi connectivity index (χ2v) is 3.44. The molecule has 0 aliphatic heterocycles. The fraction of sp³-hybridized carbons (Fsp3) is 0.500. The van der Waals surface area contributed by atoms with Crippen LogP contribution in [0.2, 0.25) is 0 Å². The van der Waals surface area contributed by atoms with Gasteiger partial charge in [-0.2, -0.15) is 0 Å². The summed E-state index contributed by atoms with van der Waals surface area (Å²) in [6.45, 7) is 0. The molecule has 6 nitrogen and oxygen atoms in total. The molecule has 1 fully saturated rings. The molecule has 1 aliphatic rings. The highest BCUT2D eigenvalue weighted by molar-refractivity contribution is 6.42. The van der Waals surface area contributed by atoms with E-state index in [-0.39, 0.29) is 0 Å². The molecule has 0 aromatic heterocycles. The number of carboxylic acid groups (broad SMARTS) is 3. The van der Waals surface area contributed by atoms with Crippen LogP contribution in [0.5, 0.6) is 0 Å². The van der Waals surface area contributed by atoms with Crippen molar-refractivity contribution in [2.75, 3.05) is 0 Å². The second kappa shape index (κ2) is 2.35. The Morgan fingerprint density at radius 1 is 1.00 bits per heavy atom. The SMILES string of the molecule is O=C(O)C1(Cl)CC1(C(=O)O)C(=O)O. The summed E-state index contributed by atoms with van der Waals surface area (Å²) >= 11 is 5.33. The van der Waals surface area contributed by atoms with E-state index in [2.05, 4.69) is 0 Å². The molecule has 0 amide bonds. The summed E-state index contributed by atoms with van der Waals surface area (Å²) in [4.78, 5) is 29.3. The Kier molecular flexibility index (Phi) is 1.77. The van der Waals surface area contributed by atoms with Crippen LogP contribution in [0.15, 0.2) is 0 Å². The minimum absolute atomic E-state index is 0.596. The van der Waals surface area contributed by atoms with Crippen molar-refractivity contribution in [3.05, 3.63) is 0 Å². The van der Waals surface area contributed by atoms with E-state index >= 15 is 0 Å². The quantitative estimate of drug-likeness (QED) is 0.430. The second-order valence-electron chi connectivity index (χ2n) is 2.80. The highest BCUT2D eigenvalue weighted by atomic mass is 35.5.